The highest BCUT2D eigenvalue weighted by atomic mass is 32.2. The second-order valence-electron chi connectivity index (χ2n) is 5.82. The van der Waals surface area contributed by atoms with E-state index in [1.54, 1.807) is 12.1 Å². The number of nitrogens with zero attached hydrogens (tertiary/aromatic N) is 1. The van der Waals surface area contributed by atoms with Gasteiger partial charge in [-0.25, -0.2) is 8.42 Å². The van der Waals surface area contributed by atoms with Crippen molar-refractivity contribution in [1.82, 2.24) is 0 Å². The summed E-state index contributed by atoms with van der Waals surface area (Å²) < 4.78 is 32.2. The summed E-state index contributed by atoms with van der Waals surface area (Å²) in [5.41, 5.74) is 2.31. The van der Waals surface area contributed by atoms with Gasteiger partial charge >= 0.3 is 0 Å². The van der Waals surface area contributed by atoms with Crippen LogP contribution >= 0.6 is 0 Å². The molecule has 1 aliphatic rings. The first-order valence-corrected chi connectivity index (χ1v) is 9.46. The number of anilines is 2. The van der Waals surface area contributed by atoms with Crippen LogP contribution in [-0.4, -0.2) is 34.6 Å². The summed E-state index contributed by atoms with van der Waals surface area (Å²) in [6, 6.07) is 13.8. The van der Waals surface area contributed by atoms with Crippen molar-refractivity contribution in [3.63, 3.8) is 0 Å². The molecular weight excluding hydrogens is 340 g/mol. The van der Waals surface area contributed by atoms with E-state index in [1.807, 2.05) is 24.3 Å². The first-order valence-electron chi connectivity index (χ1n) is 8.02. The van der Waals surface area contributed by atoms with Gasteiger partial charge in [-0.05, 0) is 48.7 Å². The fourth-order valence-corrected chi connectivity index (χ4v) is 4.46. The van der Waals surface area contributed by atoms with Gasteiger partial charge in [-0.15, -0.1) is 0 Å². The lowest BCUT2D eigenvalue weighted by Gasteiger charge is -2.30. The molecule has 1 N–H and O–H groups in total. The van der Waals surface area contributed by atoms with Crippen LogP contribution in [0.5, 0.6) is 0 Å². The number of benzene rings is 2. The SMILES string of the molecule is COCC(=O)Nc1ccc(S(=O)(=O)N2CCCc3ccccc32)cc1. The number of carbonyl (C=O) groups is 1. The highest BCUT2D eigenvalue weighted by Gasteiger charge is 2.28. The van der Waals surface area contributed by atoms with Crippen molar-refractivity contribution in [1.29, 1.82) is 0 Å². The van der Waals surface area contributed by atoms with Crippen LogP contribution in [0.4, 0.5) is 11.4 Å². The molecule has 0 saturated carbocycles. The maximum Gasteiger partial charge on any atom is 0.264 e. The summed E-state index contributed by atoms with van der Waals surface area (Å²) in [4.78, 5) is 11.7. The van der Waals surface area contributed by atoms with Crippen LogP contribution in [0.3, 0.4) is 0 Å². The van der Waals surface area contributed by atoms with Gasteiger partial charge < -0.3 is 10.1 Å². The molecule has 7 heteroatoms. The molecule has 0 fully saturated rings. The molecule has 1 aliphatic heterocycles. The summed E-state index contributed by atoms with van der Waals surface area (Å²) in [5.74, 6) is -0.289. The van der Waals surface area contributed by atoms with E-state index in [1.165, 1.54) is 23.5 Å². The molecule has 1 amide bonds. The zero-order valence-corrected chi connectivity index (χ0v) is 14.8. The van der Waals surface area contributed by atoms with Crippen LogP contribution in [0.2, 0.25) is 0 Å². The van der Waals surface area contributed by atoms with Crippen LogP contribution in [0.25, 0.3) is 0 Å². The quantitative estimate of drug-likeness (QED) is 0.888. The predicted octanol–water partition coefficient (Wildman–Crippen LogP) is 2.41. The van der Waals surface area contributed by atoms with Crippen LogP contribution in [0.1, 0.15) is 12.0 Å². The van der Waals surface area contributed by atoms with Gasteiger partial charge in [-0.1, -0.05) is 18.2 Å². The molecule has 0 bridgehead atoms. The predicted molar refractivity (Wildman–Crippen MR) is 96.2 cm³/mol. The molecule has 25 heavy (non-hydrogen) atoms. The number of rotatable bonds is 5. The van der Waals surface area contributed by atoms with Gasteiger partial charge in [0.05, 0.1) is 10.6 Å². The zero-order chi connectivity index (χ0) is 17.9. The van der Waals surface area contributed by atoms with Gasteiger partial charge in [-0.2, -0.15) is 0 Å². The number of ether oxygens (including phenoxy) is 1. The average molecular weight is 360 g/mol. The summed E-state index contributed by atoms with van der Waals surface area (Å²) >= 11 is 0. The zero-order valence-electron chi connectivity index (χ0n) is 13.9. The Kier molecular flexibility index (Phi) is 5.06. The Bertz CT molecular complexity index is 863. The molecule has 0 atom stereocenters. The van der Waals surface area contributed by atoms with Crippen molar-refractivity contribution in [3.8, 4) is 0 Å². The topological polar surface area (TPSA) is 75.7 Å². The number of hydrogen-bond donors (Lipinski definition) is 1. The summed E-state index contributed by atoms with van der Waals surface area (Å²) in [5, 5.41) is 2.64. The van der Waals surface area contributed by atoms with Gasteiger partial charge in [0.15, 0.2) is 0 Å². The minimum atomic E-state index is -3.63. The Labute approximate surface area is 147 Å². The molecular formula is C18H20N2O4S. The van der Waals surface area contributed by atoms with E-state index in [0.717, 1.165) is 24.1 Å². The monoisotopic (exact) mass is 360 g/mol. The van der Waals surface area contributed by atoms with Gasteiger partial charge in [-0.3, -0.25) is 9.10 Å². The molecule has 3 rings (SSSR count). The smallest absolute Gasteiger partial charge is 0.264 e. The van der Waals surface area contributed by atoms with Gasteiger partial charge in [0, 0.05) is 19.3 Å². The molecule has 1 heterocycles. The average Bonchev–Trinajstić information content (AvgIpc) is 2.62. The van der Waals surface area contributed by atoms with Crippen molar-refractivity contribution in [3.05, 3.63) is 54.1 Å². The van der Waals surface area contributed by atoms with Gasteiger partial charge in [0.25, 0.3) is 10.0 Å². The van der Waals surface area contributed by atoms with Crippen molar-refractivity contribution in [2.45, 2.75) is 17.7 Å². The van der Waals surface area contributed by atoms with Crippen LogP contribution in [0, 0.1) is 0 Å². The van der Waals surface area contributed by atoms with E-state index < -0.39 is 10.0 Å². The van der Waals surface area contributed by atoms with E-state index >= 15 is 0 Å². The minimum absolute atomic E-state index is 0.0510. The van der Waals surface area contributed by atoms with Gasteiger partial charge in [0.2, 0.25) is 5.91 Å². The second-order valence-corrected chi connectivity index (χ2v) is 7.68. The summed E-state index contributed by atoms with van der Waals surface area (Å²) in [6.07, 6.45) is 1.67. The van der Waals surface area contributed by atoms with Crippen LogP contribution in [-0.2, 0) is 26.0 Å². The van der Waals surface area contributed by atoms with E-state index in [9.17, 15) is 13.2 Å². The molecule has 0 aliphatic carbocycles. The van der Waals surface area contributed by atoms with E-state index in [2.05, 4.69) is 5.32 Å². The lowest BCUT2D eigenvalue weighted by molar-refractivity contribution is -0.119. The number of carbonyl (C=O) groups excluding carboxylic acids is 1. The number of methoxy groups -OCH3 is 1. The van der Waals surface area contributed by atoms with Crippen molar-refractivity contribution in [2.24, 2.45) is 0 Å². The van der Waals surface area contributed by atoms with Crippen LogP contribution < -0.4 is 9.62 Å². The van der Waals surface area contributed by atoms with Crippen molar-refractivity contribution in [2.75, 3.05) is 29.9 Å². The number of para-hydroxylation sites is 1. The Morgan fingerprint density at radius 2 is 1.88 bits per heavy atom. The third-order valence-corrected chi connectivity index (χ3v) is 5.90. The first-order chi connectivity index (χ1) is 12.0. The fraction of sp³-hybridized carbons (Fsp3) is 0.278. The number of fused-ring (bicyclic) bond motifs is 1. The Morgan fingerprint density at radius 1 is 1.16 bits per heavy atom. The molecule has 0 radical (unpaired) electrons. The Hall–Kier alpha value is -2.38. The van der Waals surface area contributed by atoms with Crippen molar-refractivity contribution >= 4 is 27.3 Å². The minimum Gasteiger partial charge on any atom is -0.375 e. The molecule has 0 spiro atoms. The third kappa shape index (κ3) is 3.67. The van der Waals surface area contributed by atoms with Crippen LogP contribution in [0.15, 0.2) is 53.4 Å². The summed E-state index contributed by atoms with van der Waals surface area (Å²) in [6.45, 7) is 0.413. The lowest BCUT2D eigenvalue weighted by Crippen LogP contribution is -2.35. The normalized spacial score (nSPS) is 14.0. The van der Waals surface area contributed by atoms with Gasteiger partial charge in [0.1, 0.15) is 6.61 Å². The van der Waals surface area contributed by atoms with E-state index in [0.29, 0.717) is 12.2 Å². The number of sulfonamides is 1. The maximum absolute atomic E-state index is 13.0. The third-order valence-electron chi connectivity index (χ3n) is 4.07. The maximum atomic E-state index is 13.0. The number of amides is 1. The number of nitrogens with one attached hydrogen (secondary N) is 1. The van der Waals surface area contributed by atoms with Crippen molar-refractivity contribution < 1.29 is 17.9 Å². The molecule has 0 unspecified atom stereocenters. The molecule has 2 aromatic rings. The van der Waals surface area contributed by atoms with E-state index in [4.69, 9.17) is 4.74 Å². The summed E-state index contributed by atoms with van der Waals surface area (Å²) in [7, 11) is -2.20. The second kappa shape index (κ2) is 7.25. The highest BCUT2D eigenvalue weighted by Crippen LogP contribution is 2.31. The number of hydrogen-bond acceptors (Lipinski definition) is 4. The molecule has 0 aromatic heterocycles. The largest absolute Gasteiger partial charge is 0.375 e. The fourth-order valence-electron chi connectivity index (χ4n) is 2.91. The standard InChI is InChI=1S/C18H20N2O4S/c1-24-13-18(21)19-15-8-10-16(11-9-15)25(22,23)20-12-4-6-14-5-2-3-7-17(14)20/h2-3,5,7-11H,4,6,12-13H2,1H3,(H,19,21). The Morgan fingerprint density at radius 3 is 2.60 bits per heavy atom. The molecule has 132 valence electrons. The highest BCUT2D eigenvalue weighted by molar-refractivity contribution is 7.92. The molecule has 6 nitrogen and oxygen atoms in total. The first kappa shape index (κ1) is 17.4. The number of aryl methyl sites for hydroxylation is 1. The molecule has 2 aromatic carbocycles. The Balaban J connectivity index is 1.85. The van der Waals surface area contributed by atoms with E-state index in [-0.39, 0.29) is 17.4 Å². The lowest BCUT2D eigenvalue weighted by atomic mass is 10.0. The molecule has 0 saturated heterocycles.